The Kier molecular flexibility index (Phi) is 6.03. The first kappa shape index (κ1) is 20.5. The number of pyridine rings is 1. The van der Waals surface area contributed by atoms with Crippen LogP contribution in [0.1, 0.15) is 10.5 Å². The predicted octanol–water partition coefficient (Wildman–Crippen LogP) is 4.59. The van der Waals surface area contributed by atoms with E-state index >= 15 is 0 Å². The van der Waals surface area contributed by atoms with Crippen LogP contribution in [0.4, 0.5) is 22.7 Å². The molecule has 2 heterocycles. The molecule has 4 rings (SSSR count). The first-order valence-corrected chi connectivity index (χ1v) is 9.79. The maximum absolute atomic E-state index is 12.6. The van der Waals surface area contributed by atoms with Gasteiger partial charge in [0.05, 0.1) is 11.9 Å². The van der Waals surface area contributed by atoms with Crippen LogP contribution >= 0.6 is 0 Å². The molecule has 0 fully saturated rings. The number of rotatable bonds is 7. The van der Waals surface area contributed by atoms with Gasteiger partial charge in [0.25, 0.3) is 5.91 Å². The largest absolute Gasteiger partial charge is 0.355 e. The molecule has 0 aliphatic heterocycles. The highest BCUT2D eigenvalue weighted by atomic mass is 16.2. The van der Waals surface area contributed by atoms with Crippen LogP contribution in [0, 0.1) is 0 Å². The summed E-state index contributed by atoms with van der Waals surface area (Å²) in [7, 11) is 0. The second-order valence-electron chi connectivity index (χ2n) is 6.83. The fourth-order valence-electron chi connectivity index (χ4n) is 2.98. The third-order valence-corrected chi connectivity index (χ3v) is 4.52. The summed E-state index contributed by atoms with van der Waals surface area (Å²) in [6.07, 6.45) is 4.59. The van der Waals surface area contributed by atoms with Gasteiger partial charge in [-0.15, -0.1) is 0 Å². The van der Waals surface area contributed by atoms with Crippen molar-refractivity contribution >= 4 is 34.6 Å². The second kappa shape index (κ2) is 9.40. The van der Waals surface area contributed by atoms with Crippen molar-refractivity contribution in [1.82, 2.24) is 15.2 Å². The quantitative estimate of drug-likeness (QED) is 0.324. The van der Waals surface area contributed by atoms with Crippen LogP contribution in [0.5, 0.6) is 0 Å². The molecule has 8 nitrogen and oxygen atoms in total. The molecule has 0 atom stereocenters. The number of hydrogen-bond donors (Lipinski definition) is 4. The van der Waals surface area contributed by atoms with E-state index in [0.29, 0.717) is 22.8 Å². The molecular formula is C24H20N6O2. The van der Waals surface area contributed by atoms with Crippen molar-refractivity contribution in [2.24, 2.45) is 0 Å². The first-order valence-electron chi connectivity index (χ1n) is 9.79. The average molecular weight is 424 g/mol. The Morgan fingerprint density at radius 3 is 2.38 bits per heavy atom. The molecule has 0 aliphatic rings. The van der Waals surface area contributed by atoms with Crippen molar-refractivity contribution in [1.29, 1.82) is 0 Å². The highest BCUT2D eigenvalue weighted by Crippen LogP contribution is 2.22. The van der Waals surface area contributed by atoms with Gasteiger partial charge >= 0.3 is 0 Å². The monoisotopic (exact) mass is 424 g/mol. The molecule has 0 saturated heterocycles. The number of aromatic amines is 1. The van der Waals surface area contributed by atoms with Gasteiger partial charge < -0.3 is 16.0 Å². The summed E-state index contributed by atoms with van der Waals surface area (Å²) >= 11 is 0. The number of aromatic nitrogens is 3. The number of hydrogen-bond acceptors (Lipinski definition) is 5. The van der Waals surface area contributed by atoms with Gasteiger partial charge in [-0.25, -0.2) is 4.98 Å². The topological polar surface area (TPSA) is 112 Å². The van der Waals surface area contributed by atoms with E-state index in [9.17, 15) is 9.59 Å². The number of nitrogens with one attached hydrogen (secondary N) is 4. The molecular weight excluding hydrogens is 404 g/mol. The number of amides is 2. The molecule has 4 aromatic rings. The van der Waals surface area contributed by atoms with E-state index in [4.69, 9.17) is 0 Å². The molecule has 0 bridgehead atoms. The van der Waals surface area contributed by atoms with Gasteiger partial charge in [0, 0.05) is 34.5 Å². The van der Waals surface area contributed by atoms with Crippen molar-refractivity contribution in [3.8, 4) is 11.3 Å². The van der Waals surface area contributed by atoms with E-state index in [1.54, 1.807) is 42.7 Å². The van der Waals surface area contributed by atoms with E-state index in [1.165, 1.54) is 6.08 Å². The zero-order valence-electron chi connectivity index (χ0n) is 17.0. The number of H-pyrrole nitrogens is 1. The minimum atomic E-state index is -0.304. The van der Waals surface area contributed by atoms with E-state index in [1.807, 2.05) is 36.4 Å². The molecule has 158 valence electrons. The third kappa shape index (κ3) is 5.06. The lowest BCUT2D eigenvalue weighted by Crippen LogP contribution is -2.13. The van der Waals surface area contributed by atoms with E-state index in [0.717, 1.165) is 16.9 Å². The predicted molar refractivity (Wildman–Crippen MR) is 125 cm³/mol. The van der Waals surface area contributed by atoms with E-state index in [-0.39, 0.29) is 11.8 Å². The summed E-state index contributed by atoms with van der Waals surface area (Å²) in [6, 6.07) is 19.9. The van der Waals surface area contributed by atoms with E-state index in [2.05, 4.69) is 37.7 Å². The Hall–Kier alpha value is -4.72. The van der Waals surface area contributed by atoms with Gasteiger partial charge in [-0.3, -0.25) is 14.7 Å². The molecule has 32 heavy (non-hydrogen) atoms. The number of benzene rings is 2. The van der Waals surface area contributed by atoms with Crippen LogP contribution in [0.15, 0.2) is 91.8 Å². The van der Waals surface area contributed by atoms with Crippen LogP contribution in [0.25, 0.3) is 11.3 Å². The molecule has 2 amide bonds. The van der Waals surface area contributed by atoms with Gasteiger partial charge in [-0.05, 0) is 60.7 Å². The number of anilines is 4. The number of nitrogens with zero attached hydrogens (tertiary/aromatic N) is 2. The molecule has 2 aromatic heterocycles. The van der Waals surface area contributed by atoms with Gasteiger partial charge in [0.1, 0.15) is 5.69 Å². The summed E-state index contributed by atoms with van der Waals surface area (Å²) < 4.78 is 0. The lowest BCUT2D eigenvalue weighted by atomic mass is 10.2. The molecule has 8 heteroatoms. The summed E-state index contributed by atoms with van der Waals surface area (Å²) in [4.78, 5) is 28.5. The Balaban J connectivity index is 1.41. The molecule has 0 radical (unpaired) electrons. The van der Waals surface area contributed by atoms with Crippen molar-refractivity contribution in [2.45, 2.75) is 0 Å². The molecule has 4 N–H and O–H groups in total. The smallest absolute Gasteiger partial charge is 0.274 e. The summed E-state index contributed by atoms with van der Waals surface area (Å²) in [5.41, 5.74) is 4.72. The molecule has 0 aliphatic carbocycles. The standard InChI is InChI=1S/C24H20N6O2/c1-2-23(31)28-20-6-3-5-19(13-20)27-17-9-11-18(12-10-17)29-24(32)22-8-4-7-21(30-22)16-14-25-26-15-16/h2-15,27H,1H2,(H,25,26)(H,28,31)(H,29,32). The Labute approximate surface area is 184 Å². The van der Waals surface area contributed by atoms with E-state index < -0.39 is 0 Å². The molecule has 2 aromatic carbocycles. The Morgan fingerprint density at radius 2 is 1.62 bits per heavy atom. The van der Waals surface area contributed by atoms with Crippen molar-refractivity contribution in [3.63, 3.8) is 0 Å². The Morgan fingerprint density at radius 1 is 0.875 bits per heavy atom. The number of carbonyl (C=O) groups is 2. The molecule has 0 unspecified atom stereocenters. The van der Waals surface area contributed by atoms with Crippen LogP contribution in [0.3, 0.4) is 0 Å². The van der Waals surface area contributed by atoms with Crippen LogP contribution in [0.2, 0.25) is 0 Å². The van der Waals surface area contributed by atoms with Gasteiger partial charge in [-0.2, -0.15) is 5.10 Å². The van der Waals surface area contributed by atoms with Crippen molar-refractivity contribution in [3.05, 3.63) is 97.5 Å². The third-order valence-electron chi connectivity index (χ3n) is 4.52. The molecule has 0 spiro atoms. The summed E-state index contributed by atoms with van der Waals surface area (Å²) in [5, 5.41) is 15.5. The summed E-state index contributed by atoms with van der Waals surface area (Å²) in [6.45, 7) is 3.45. The minimum absolute atomic E-state index is 0.271. The highest BCUT2D eigenvalue weighted by molar-refractivity contribution is 6.03. The van der Waals surface area contributed by atoms with Gasteiger partial charge in [0.15, 0.2) is 0 Å². The fourth-order valence-corrected chi connectivity index (χ4v) is 2.98. The SMILES string of the molecule is C=CC(=O)Nc1cccc(Nc2ccc(NC(=O)c3cccc(-c4cn[nH]c4)n3)cc2)c1. The normalized spacial score (nSPS) is 10.2. The molecule has 0 saturated carbocycles. The minimum Gasteiger partial charge on any atom is -0.355 e. The van der Waals surface area contributed by atoms with Crippen LogP contribution in [-0.4, -0.2) is 27.0 Å². The zero-order valence-corrected chi connectivity index (χ0v) is 17.0. The average Bonchev–Trinajstić information content (AvgIpc) is 3.36. The maximum atomic E-state index is 12.6. The Bertz CT molecular complexity index is 1250. The van der Waals surface area contributed by atoms with Gasteiger partial charge in [-0.1, -0.05) is 18.7 Å². The first-order chi connectivity index (χ1) is 15.6. The number of carbonyl (C=O) groups excluding carboxylic acids is 2. The van der Waals surface area contributed by atoms with Crippen molar-refractivity contribution in [2.75, 3.05) is 16.0 Å². The maximum Gasteiger partial charge on any atom is 0.274 e. The van der Waals surface area contributed by atoms with Crippen LogP contribution < -0.4 is 16.0 Å². The summed E-state index contributed by atoms with van der Waals surface area (Å²) in [5.74, 6) is -0.575. The second-order valence-corrected chi connectivity index (χ2v) is 6.83. The lowest BCUT2D eigenvalue weighted by Gasteiger charge is -2.10. The fraction of sp³-hybridized carbons (Fsp3) is 0. The lowest BCUT2D eigenvalue weighted by molar-refractivity contribution is -0.111. The zero-order chi connectivity index (χ0) is 22.3. The van der Waals surface area contributed by atoms with Gasteiger partial charge in [0.2, 0.25) is 5.91 Å². The van der Waals surface area contributed by atoms with Crippen molar-refractivity contribution < 1.29 is 9.59 Å². The van der Waals surface area contributed by atoms with Crippen LogP contribution in [-0.2, 0) is 4.79 Å². The highest BCUT2D eigenvalue weighted by Gasteiger charge is 2.10.